The summed E-state index contributed by atoms with van der Waals surface area (Å²) in [5.74, 6) is -1.70. The van der Waals surface area contributed by atoms with Gasteiger partial charge in [0.05, 0.1) is 0 Å². The van der Waals surface area contributed by atoms with Gasteiger partial charge < -0.3 is 5.11 Å². The van der Waals surface area contributed by atoms with Crippen LogP contribution in [-0.4, -0.2) is 26.6 Å². The van der Waals surface area contributed by atoms with Crippen molar-refractivity contribution in [3.05, 3.63) is 54.4 Å². The number of hydrogen-bond donors (Lipinski definition) is 1. The zero-order chi connectivity index (χ0) is 12.3. The number of ketones is 1. The van der Waals surface area contributed by atoms with E-state index in [0.717, 1.165) is 4.68 Å². The smallest absolute Gasteiger partial charge is 0.336 e. The van der Waals surface area contributed by atoms with E-state index in [2.05, 4.69) is 5.10 Å². The van der Waals surface area contributed by atoms with Crippen LogP contribution in [-0.2, 0) is 4.79 Å². The molecule has 0 aliphatic heterocycles. The van der Waals surface area contributed by atoms with E-state index < -0.39 is 17.8 Å². The third-order valence-electron chi connectivity index (χ3n) is 2.33. The van der Waals surface area contributed by atoms with E-state index in [0.29, 0.717) is 5.56 Å². The molecule has 5 heteroatoms. The lowest BCUT2D eigenvalue weighted by Gasteiger charge is -2.11. The van der Waals surface area contributed by atoms with Crippen LogP contribution in [0, 0.1) is 0 Å². The molecule has 0 bridgehead atoms. The molecule has 1 aromatic heterocycles. The van der Waals surface area contributed by atoms with Gasteiger partial charge in [-0.25, -0.2) is 4.79 Å². The van der Waals surface area contributed by atoms with Crippen LogP contribution in [0.1, 0.15) is 16.4 Å². The number of carboxylic acids is 1. The Morgan fingerprint density at radius 1 is 1.18 bits per heavy atom. The van der Waals surface area contributed by atoms with Crippen LogP contribution < -0.4 is 0 Å². The molecule has 0 aliphatic carbocycles. The van der Waals surface area contributed by atoms with Crippen LogP contribution in [0.4, 0.5) is 0 Å². The number of Topliss-reactive ketones (excluding diaryl/α,β-unsaturated/α-hetero) is 1. The highest BCUT2D eigenvalue weighted by Crippen LogP contribution is 2.13. The molecule has 2 rings (SSSR count). The molecule has 0 spiro atoms. The first-order chi connectivity index (χ1) is 8.20. The molecule has 0 aliphatic rings. The first kappa shape index (κ1) is 11.1. The van der Waals surface area contributed by atoms with Crippen molar-refractivity contribution in [3.63, 3.8) is 0 Å². The Kier molecular flexibility index (Phi) is 3.00. The van der Waals surface area contributed by atoms with Gasteiger partial charge in [-0.05, 0) is 6.07 Å². The summed E-state index contributed by atoms with van der Waals surface area (Å²) in [6.45, 7) is 0. The van der Waals surface area contributed by atoms with Crippen molar-refractivity contribution in [1.29, 1.82) is 0 Å². The van der Waals surface area contributed by atoms with E-state index in [1.54, 1.807) is 36.4 Å². The molecule has 0 saturated carbocycles. The van der Waals surface area contributed by atoms with Crippen LogP contribution in [0.3, 0.4) is 0 Å². The van der Waals surface area contributed by atoms with E-state index >= 15 is 0 Å². The lowest BCUT2D eigenvalue weighted by Crippen LogP contribution is -2.28. The van der Waals surface area contributed by atoms with E-state index in [-0.39, 0.29) is 0 Å². The topological polar surface area (TPSA) is 72.2 Å². The SMILES string of the molecule is O=C(O)C(C(=O)c1ccccc1)n1cccn1. The number of carboxylic acid groups (broad SMARTS) is 1. The second kappa shape index (κ2) is 4.61. The molecule has 0 saturated heterocycles. The number of carbonyl (C=O) groups excluding carboxylic acids is 1. The number of nitrogens with zero attached hydrogens (tertiary/aromatic N) is 2. The number of carbonyl (C=O) groups is 2. The fraction of sp³-hybridized carbons (Fsp3) is 0.0833. The Labute approximate surface area is 97.3 Å². The average molecular weight is 230 g/mol. The summed E-state index contributed by atoms with van der Waals surface area (Å²) in [4.78, 5) is 23.2. The largest absolute Gasteiger partial charge is 0.479 e. The third kappa shape index (κ3) is 2.23. The number of aliphatic carboxylic acids is 1. The Morgan fingerprint density at radius 2 is 1.88 bits per heavy atom. The molecule has 0 radical (unpaired) electrons. The normalized spacial score (nSPS) is 12.0. The van der Waals surface area contributed by atoms with Gasteiger partial charge in [0, 0.05) is 18.0 Å². The summed E-state index contributed by atoms with van der Waals surface area (Å²) in [7, 11) is 0. The Bertz CT molecular complexity index is 520. The van der Waals surface area contributed by atoms with Crippen LogP contribution in [0.2, 0.25) is 0 Å². The highest BCUT2D eigenvalue weighted by Gasteiger charge is 2.29. The molecular formula is C12H10N2O3. The van der Waals surface area contributed by atoms with Crippen LogP contribution in [0.5, 0.6) is 0 Å². The van der Waals surface area contributed by atoms with Crippen LogP contribution >= 0.6 is 0 Å². The van der Waals surface area contributed by atoms with Gasteiger partial charge in [-0.3, -0.25) is 9.48 Å². The second-order valence-corrected chi connectivity index (χ2v) is 3.46. The summed E-state index contributed by atoms with van der Waals surface area (Å²) in [6, 6.07) is 8.58. The third-order valence-corrected chi connectivity index (χ3v) is 2.33. The molecule has 1 aromatic carbocycles. The molecular weight excluding hydrogens is 220 g/mol. The molecule has 2 aromatic rings. The Morgan fingerprint density at radius 3 is 2.41 bits per heavy atom. The lowest BCUT2D eigenvalue weighted by atomic mass is 10.0. The number of hydrogen-bond acceptors (Lipinski definition) is 3. The molecule has 0 amide bonds. The van der Waals surface area contributed by atoms with Crippen molar-refractivity contribution in [2.45, 2.75) is 6.04 Å². The zero-order valence-electron chi connectivity index (χ0n) is 8.85. The van der Waals surface area contributed by atoms with E-state index in [9.17, 15) is 9.59 Å². The van der Waals surface area contributed by atoms with E-state index in [1.807, 2.05) is 0 Å². The second-order valence-electron chi connectivity index (χ2n) is 3.46. The minimum Gasteiger partial charge on any atom is -0.479 e. The van der Waals surface area contributed by atoms with Gasteiger partial charge >= 0.3 is 5.97 Å². The van der Waals surface area contributed by atoms with Gasteiger partial charge in [-0.15, -0.1) is 0 Å². The summed E-state index contributed by atoms with van der Waals surface area (Å²) in [5.41, 5.74) is 0.357. The summed E-state index contributed by atoms with van der Waals surface area (Å²) >= 11 is 0. The quantitative estimate of drug-likeness (QED) is 0.636. The Hall–Kier alpha value is -2.43. The van der Waals surface area contributed by atoms with Crippen molar-refractivity contribution in [2.24, 2.45) is 0 Å². The van der Waals surface area contributed by atoms with Gasteiger partial charge in [0.25, 0.3) is 0 Å². The predicted octanol–water partition coefficient (Wildman–Crippen LogP) is 1.39. The van der Waals surface area contributed by atoms with Gasteiger partial charge in [0.15, 0.2) is 5.78 Å². The number of aromatic nitrogens is 2. The van der Waals surface area contributed by atoms with Gasteiger partial charge in [-0.2, -0.15) is 5.10 Å². The molecule has 0 fully saturated rings. The van der Waals surface area contributed by atoms with Crippen LogP contribution in [0.25, 0.3) is 0 Å². The number of rotatable bonds is 4. The lowest BCUT2D eigenvalue weighted by molar-refractivity contribution is -0.139. The highest BCUT2D eigenvalue weighted by molar-refractivity contribution is 6.09. The fourth-order valence-electron chi connectivity index (χ4n) is 1.54. The predicted molar refractivity (Wildman–Crippen MR) is 59.7 cm³/mol. The maximum atomic E-state index is 12.0. The highest BCUT2D eigenvalue weighted by atomic mass is 16.4. The first-order valence-electron chi connectivity index (χ1n) is 5.01. The van der Waals surface area contributed by atoms with Crippen molar-refractivity contribution in [3.8, 4) is 0 Å². The molecule has 5 nitrogen and oxygen atoms in total. The van der Waals surface area contributed by atoms with Crippen molar-refractivity contribution < 1.29 is 14.7 Å². The number of benzene rings is 1. The monoisotopic (exact) mass is 230 g/mol. The zero-order valence-corrected chi connectivity index (χ0v) is 8.85. The summed E-state index contributed by atoms with van der Waals surface area (Å²) in [6.07, 6.45) is 2.90. The molecule has 86 valence electrons. The minimum absolute atomic E-state index is 0.357. The van der Waals surface area contributed by atoms with Gasteiger partial charge in [0.1, 0.15) is 0 Å². The van der Waals surface area contributed by atoms with Crippen LogP contribution in [0.15, 0.2) is 48.8 Å². The maximum absolute atomic E-state index is 12.0. The average Bonchev–Trinajstić information content (AvgIpc) is 2.83. The van der Waals surface area contributed by atoms with Crippen molar-refractivity contribution in [1.82, 2.24) is 9.78 Å². The van der Waals surface area contributed by atoms with Gasteiger partial charge in [-0.1, -0.05) is 30.3 Å². The minimum atomic E-state index is -1.31. The van der Waals surface area contributed by atoms with Crippen molar-refractivity contribution in [2.75, 3.05) is 0 Å². The molecule has 1 heterocycles. The summed E-state index contributed by atoms with van der Waals surface area (Å²) < 4.78 is 1.14. The fourth-order valence-corrected chi connectivity index (χ4v) is 1.54. The van der Waals surface area contributed by atoms with Gasteiger partial charge in [0.2, 0.25) is 6.04 Å². The van der Waals surface area contributed by atoms with E-state index in [4.69, 9.17) is 5.11 Å². The molecule has 1 atom stereocenters. The standard InChI is InChI=1S/C12H10N2O3/c15-11(9-5-2-1-3-6-9)10(12(16)17)14-8-4-7-13-14/h1-8,10H,(H,16,17). The van der Waals surface area contributed by atoms with E-state index in [1.165, 1.54) is 12.4 Å². The Balaban J connectivity index is 2.36. The first-order valence-corrected chi connectivity index (χ1v) is 5.01. The maximum Gasteiger partial charge on any atom is 0.336 e. The summed E-state index contributed by atoms with van der Waals surface area (Å²) in [5, 5.41) is 12.9. The van der Waals surface area contributed by atoms with Crippen molar-refractivity contribution >= 4 is 11.8 Å². The molecule has 1 unspecified atom stereocenters. The molecule has 1 N–H and O–H groups in total. The molecule has 17 heavy (non-hydrogen) atoms.